The molecule has 0 aromatic rings. The average Bonchev–Trinajstić information content (AvgIpc) is 1.80. The molecule has 0 saturated carbocycles. The molecule has 13 heavy (non-hydrogen) atoms. The summed E-state index contributed by atoms with van der Waals surface area (Å²) in [6.07, 6.45) is 0. The van der Waals surface area contributed by atoms with Gasteiger partial charge >= 0.3 is 0 Å². The second kappa shape index (κ2) is 3.79. The van der Waals surface area contributed by atoms with Crippen molar-refractivity contribution >= 4 is 5.78 Å². The van der Waals surface area contributed by atoms with Gasteiger partial charge < -0.3 is 4.48 Å². The van der Waals surface area contributed by atoms with E-state index in [1.165, 1.54) is 0 Å². The van der Waals surface area contributed by atoms with Gasteiger partial charge in [-0.05, 0) is 13.8 Å². The van der Waals surface area contributed by atoms with Crippen LogP contribution in [0.25, 0.3) is 0 Å². The topological polar surface area (TPSA) is 17.1 Å². The Morgan fingerprint density at radius 3 is 1.85 bits per heavy atom. The SMILES string of the molecule is CC(C)C(=O)C(C)(C)C[N+](C)(C)C. The predicted molar refractivity (Wildman–Crippen MR) is 56.5 cm³/mol. The Bertz CT molecular complexity index is 187. The number of rotatable bonds is 4. The number of quaternary nitrogens is 1. The van der Waals surface area contributed by atoms with E-state index in [4.69, 9.17) is 0 Å². The third kappa shape index (κ3) is 4.41. The zero-order chi connectivity index (χ0) is 10.9. The first-order valence-electron chi connectivity index (χ1n) is 4.91. The molecule has 0 N–H and O–H groups in total. The van der Waals surface area contributed by atoms with Gasteiger partial charge in [-0.25, -0.2) is 0 Å². The minimum atomic E-state index is -0.202. The number of hydrogen-bond acceptors (Lipinski definition) is 1. The van der Waals surface area contributed by atoms with Crippen LogP contribution < -0.4 is 0 Å². The van der Waals surface area contributed by atoms with Crippen molar-refractivity contribution < 1.29 is 9.28 Å². The number of Topliss-reactive ketones (excluding diaryl/α,β-unsaturated/α-hetero) is 1. The third-order valence-electron chi connectivity index (χ3n) is 2.06. The molecule has 0 atom stereocenters. The van der Waals surface area contributed by atoms with Crippen molar-refractivity contribution in [2.45, 2.75) is 27.7 Å². The van der Waals surface area contributed by atoms with E-state index in [0.717, 1.165) is 11.0 Å². The molecular weight excluding hydrogens is 162 g/mol. The van der Waals surface area contributed by atoms with Crippen molar-refractivity contribution in [2.24, 2.45) is 11.3 Å². The summed E-state index contributed by atoms with van der Waals surface area (Å²) in [7, 11) is 6.36. The Labute approximate surface area is 82.5 Å². The zero-order valence-corrected chi connectivity index (χ0v) is 10.1. The largest absolute Gasteiger partial charge is 0.330 e. The second-order valence-electron chi connectivity index (χ2n) is 5.85. The third-order valence-corrected chi connectivity index (χ3v) is 2.06. The lowest BCUT2D eigenvalue weighted by molar-refractivity contribution is -0.875. The minimum Gasteiger partial charge on any atom is -0.330 e. The predicted octanol–water partition coefficient (Wildman–Crippen LogP) is 1.94. The van der Waals surface area contributed by atoms with Gasteiger partial charge in [-0.2, -0.15) is 0 Å². The van der Waals surface area contributed by atoms with Crippen LogP contribution in [0.2, 0.25) is 0 Å². The molecule has 0 fully saturated rings. The lowest BCUT2D eigenvalue weighted by Gasteiger charge is -2.34. The highest BCUT2D eigenvalue weighted by atomic mass is 16.1. The molecule has 0 amide bonds. The molecule has 0 unspecified atom stereocenters. The summed E-state index contributed by atoms with van der Waals surface area (Å²) in [6.45, 7) is 8.92. The van der Waals surface area contributed by atoms with E-state index in [-0.39, 0.29) is 11.3 Å². The Balaban J connectivity index is 4.49. The maximum Gasteiger partial charge on any atom is 0.146 e. The summed E-state index contributed by atoms with van der Waals surface area (Å²) < 4.78 is 0.839. The van der Waals surface area contributed by atoms with Gasteiger partial charge in [0.1, 0.15) is 5.78 Å². The van der Waals surface area contributed by atoms with Crippen LogP contribution in [-0.2, 0) is 4.79 Å². The molecule has 0 aliphatic carbocycles. The highest BCUT2D eigenvalue weighted by molar-refractivity contribution is 5.85. The zero-order valence-electron chi connectivity index (χ0n) is 10.1. The van der Waals surface area contributed by atoms with Crippen molar-refractivity contribution in [3.63, 3.8) is 0 Å². The first-order chi connectivity index (χ1) is 5.56. The number of carbonyl (C=O) groups is 1. The molecule has 0 spiro atoms. The average molecular weight is 186 g/mol. The van der Waals surface area contributed by atoms with Crippen LogP contribution in [-0.4, -0.2) is 38.0 Å². The molecule has 0 radical (unpaired) electrons. The summed E-state index contributed by atoms with van der Waals surface area (Å²) in [5.74, 6) is 0.502. The van der Waals surface area contributed by atoms with Crippen LogP contribution in [0.5, 0.6) is 0 Å². The lowest BCUT2D eigenvalue weighted by Crippen LogP contribution is -2.47. The van der Waals surface area contributed by atoms with E-state index in [1.54, 1.807) is 0 Å². The summed E-state index contributed by atoms with van der Waals surface area (Å²) >= 11 is 0. The van der Waals surface area contributed by atoms with Crippen molar-refractivity contribution in [1.29, 1.82) is 0 Å². The first-order valence-corrected chi connectivity index (χ1v) is 4.91. The van der Waals surface area contributed by atoms with Gasteiger partial charge in [-0.3, -0.25) is 4.79 Å². The van der Waals surface area contributed by atoms with E-state index < -0.39 is 0 Å². The number of hydrogen-bond donors (Lipinski definition) is 0. The molecular formula is C11H24NO+. The Hall–Kier alpha value is -0.370. The summed E-state index contributed by atoms with van der Waals surface area (Å²) in [6, 6.07) is 0. The van der Waals surface area contributed by atoms with Crippen LogP contribution in [0.15, 0.2) is 0 Å². The van der Waals surface area contributed by atoms with Crippen molar-refractivity contribution in [3.8, 4) is 0 Å². The molecule has 0 saturated heterocycles. The number of ketones is 1. The van der Waals surface area contributed by atoms with Crippen molar-refractivity contribution in [2.75, 3.05) is 27.7 Å². The molecule has 0 aliphatic rings. The van der Waals surface area contributed by atoms with Gasteiger partial charge in [0.15, 0.2) is 0 Å². The minimum absolute atomic E-state index is 0.140. The Kier molecular flexibility index (Phi) is 3.68. The molecule has 0 aromatic heterocycles. The smallest absolute Gasteiger partial charge is 0.146 e. The highest BCUT2D eigenvalue weighted by Gasteiger charge is 2.34. The van der Waals surface area contributed by atoms with E-state index in [9.17, 15) is 4.79 Å². The van der Waals surface area contributed by atoms with Crippen molar-refractivity contribution in [3.05, 3.63) is 0 Å². The van der Waals surface area contributed by atoms with Crippen LogP contribution in [0, 0.1) is 11.3 Å². The fourth-order valence-electron chi connectivity index (χ4n) is 2.05. The molecule has 2 nitrogen and oxygen atoms in total. The number of carbonyl (C=O) groups excluding carboxylic acids is 1. The van der Waals surface area contributed by atoms with E-state index in [2.05, 4.69) is 21.1 Å². The molecule has 0 rings (SSSR count). The van der Waals surface area contributed by atoms with E-state index >= 15 is 0 Å². The Morgan fingerprint density at radius 2 is 1.62 bits per heavy atom. The van der Waals surface area contributed by atoms with E-state index in [1.807, 2.05) is 27.7 Å². The van der Waals surface area contributed by atoms with E-state index in [0.29, 0.717) is 5.78 Å². The highest BCUT2D eigenvalue weighted by Crippen LogP contribution is 2.23. The molecule has 0 heterocycles. The fourth-order valence-corrected chi connectivity index (χ4v) is 2.05. The van der Waals surface area contributed by atoms with Gasteiger partial charge in [0.05, 0.1) is 33.1 Å². The molecule has 0 aliphatic heterocycles. The van der Waals surface area contributed by atoms with Gasteiger partial charge in [0.25, 0.3) is 0 Å². The second-order valence-corrected chi connectivity index (χ2v) is 5.85. The molecule has 2 heteroatoms. The summed E-state index contributed by atoms with van der Waals surface area (Å²) in [4.78, 5) is 11.8. The van der Waals surface area contributed by atoms with Gasteiger partial charge in [0, 0.05) is 5.92 Å². The maximum absolute atomic E-state index is 11.8. The monoisotopic (exact) mass is 186 g/mol. The van der Waals surface area contributed by atoms with Gasteiger partial charge in [-0.15, -0.1) is 0 Å². The fraction of sp³-hybridized carbons (Fsp3) is 0.909. The summed E-state index contributed by atoms with van der Waals surface area (Å²) in [5, 5.41) is 0. The Morgan fingerprint density at radius 1 is 1.23 bits per heavy atom. The van der Waals surface area contributed by atoms with Gasteiger partial charge in [-0.1, -0.05) is 13.8 Å². The maximum atomic E-state index is 11.8. The normalized spacial score (nSPS) is 13.5. The molecule has 78 valence electrons. The number of nitrogens with zero attached hydrogens (tertiary/aromatic N) is 1. The quantitative estimate of drug-likeness (QED) is 0.613. The molecule has 0 bridgehead atoms. The van der Waals surface area contributed by atoms with Crippen LogP contribution >= 0.6 is 0 Å². The van der Waals surface area contributed by atoms with Gasteiger partial charge in [0.2, 0.25) is 0 Å². The standard InChI is InChI=1S/C11H24NO/c1-9(2)10(13)11(3,4)8-12(5,6)7/h9H,8H2,1-7H3/q+1. The summed E-state index contributed by atoms with van der Waals surface area (Å²) in [5.41, 5.74) is -0.202. The van der Waals surface area contributed by atoms with Crippen LogP contribution in [0.1, 0.15) is 27.7 Å². The first kappa shape index (κ1) is 12.6. The van der Waals surface area contributed by atoms with Crippen LogP contribution in [0.4, 0.5) is 0 Å². The van der Waals surface area contributed by atoms with Crippen molar-refractivity contribution in [1.82, 2.24) is 0 Å². The molecule has 0 aromatic carbocycles. The van der Waals surface area contributed by atoms with Crippen LogP contribution in [0.3, 0.4) is 0 Å². The lowest BCUT2D eigenvalue weighted by atomic mass is 9.81.